The van der Waals surface area contributed by atoms with Crippen LogP contribution in [0.15, 0.2) is 0 Å². The Labute approximate surface area is 133 Å². The van der Waals surface area contributed by atoms with Crippen molar-refractivity contribution < 1.29 is 9.59 Å². The Morgan fingerprint density at radius 1 is 1.10 bits per heavy atom. The van der Waals surface area contributed by atoms with Crippen LogP contribution in [-0.4, -0.2) is 49.4 Å². The molecule has 1 saturated heterocycles. The van der Waals surface area contributed by atoms with Gasteiger partial charge in [0.05, 0.1) is 6.54 Å². The molecule has 0 aromatic heterocycles. The summed E-state index contributed by atoms with van der Waals surface area (Å²) in [6.45, 7) is 1.73. The lowest BCUT2D eigenvalue weighted by Gasteiger charge is -2.32. The van der Waals surface area contributed by atoms with Gasteiger partial charge < -0.3 is 15.5 Å². The van der Waals surface area contributed by atoms with Crippen LogP contribution in [0.4, 0.5) is 0 Å². The van der Waals surface area contributed by atoms with Crippen molar-refractivity contribution in [2.75, 3.05) is 26.7 Å². The Bertz CT molecular complexity index is 346. The van der Waals surface area contributed by atoms with Gasteiger partial charge in [-0.05, 0) is 32.7 Å². The lowest BCUT2D eigenvalue weighted by Crippen LogP contribution is -2.50. The van der Waals surface area contributed by atoms with E-state index in [9.17, 15) is 9.59 Å². The number of rotatable bonds is 4. The standard InChI is InChI=1S/C15H27N3O2.ClH/c1-16-13-8-5-9-18(11-13)14(19)10-17-15(20)12-6-3-2-4-7-12;/h12-13,16H,2-11H2,1H3,(H,17,20);1H. The van der Waals surface area contributed by atoms with Gasteiger partial charge in [-0.2, -0.15) is 0 Å². The lowest BCUT2D eigenvalue weighted by molar-refractivity contribution is -0.135. The summed E-state index contributed by atoms with van der Waals surface area (Å²) in [5.74, 6) is 0.247. The quantitative estimate of drug-likeness (QED) is 0.822. The zero-order chi connectivity index (χ0) is 14.4. The fourth-order valence-corrected chi connectivity index (χ4v) is 3.22. The number of piperidine rings is 1. The second-order valence-electron chi connectivity index (χ2n) is 6.02. The number of carbonyl (C=O) groups is 2. The van der Waals surface area contributed by atoms with Crippen LogP contribution in [0, 0.1) is 5.92 Å². The van der Waals surface area contributed by atoms with Gasteiger partial charge in [0.2, 0.25) is 11.8 Å². The molecule has 0 bridgehead atoms. The van der Waals surface area contributed by atoms with Crippen molar-refractivity contribution in [2.45, 2.75) is 51.0 Å². The van der Waals surface area contributed by atoms with E-state index in [2.05, 4.69) is 10.6 Å². The van der Waals surface area contributed by atoms with Crippen LogP contribution in [0.25, 0.3) is 0 Å². The van der Waals surface area contributed by atoms with Crippen molar-refractivity contribution >= 4 is 24.2 Å². The molecule has 21 heavy (non-hydrogen) atoms. The van der Waals surface area contributed by atoms with Gasteiger partial charge in [0.15, 0.2) is 0 Å². The molecule has 2 aliphatic rings. The first kappa shape index (κ1) is 18.2. The van der Waals surface area contributed by atoms with Crippen LogP contribution < -0.4 is 10.6 Å². The van der Waals surface area contributed by atoms with Gasteiger partial charge in [0.25, 0.3) is 0 Å². The molecule has 6 heteroatoms. The van der Waals surface area contributed by atoms with Crippen molar-refractivity contribution in [3.05, 3.63) is 0 Å². The Balaban J connectivity index is 0.00000220. The summed E-state index contributed by atoms with van der Waals surface area (Å²) in [5, 5.41) is 6.06. The van der Waals surface area contributed by atoms with E-state index in [1.165, 1.54) is 6.42 Å². The Morgan fingerprint density at radius 3 is 2.48 bits per heavy atom. The molecule has 1 unspecified atom stereocenters. The molecule has 1 saturated carbocycles. The molecule has 0 aromatic carbocycles. The van der Waals surface area contributed by atoms with Crippen LogP contribution in [-0.2, 0) is 9.59 Å². The first-order valence-corrected chi connectivity index (χ1v) is 7.93. The summed E-state index contributed by atoms with van der Waals surface area (Å²) >= 11 is 0. The molecule has 2 N–H and O–H groups in total. The zero-order valence-corrected chi connectivity index (χ0v) is 13.7. The van der Waals surface area contributed by atoms with E-state index >= 15 is 0 Å². The molecule has 0 aromatic rings. The van der Waals surface area contributed by atoms with Crippen molar-refractivity contribution in [1.29, 1.82) is 0 Å². The normalized spacial score (nSPS) is 23.3. The highest BCUT2D eigenvalue weighted by Crippen LogP contribution is 2.23. The summed E-state index contributed by atoms with van der Waals surface area (Å²) in [6, 6.07) is 0.391. The Kier molecular flexibility index (Phi) is 8.04. The van der Waals surface area contributed by atoms with Gasteiger partial charge in [-0.3, -0.25) is 9.59 Å². The maximum atomic E-state index is 12.1. The average Bonchev–Trinajstić information content (AvgIpc) is 2.53. The highest BCUT2D eigenvalue weighted by molar-refractivity contribution is 5.86. The number of amides is 2. The van der Waals surface area contributed by atoms with E-state index in [1.54, 1.807) is 0 Å². The minimum Gasteiger partial charge on any atom is -0.347 e. The minimum atomic E-state index is 0. The van der Waals surface area contributed by atoms with Crippen LogP contribution >= 0.6 is 12.4 Å². The van der Waals surface area contributed by atoms with Crippen LogP contribution in [0.1, 0.15) is 44.9 Å². The number of carbonyl (C=O) groups excluding carboxylic acids is 2. The SMILES string of the molecule is CNC1CCCN(C(=O)CNC(=O)C2CCCCC2)C1.Cl. The molecule has 1 heterocycles. The fourth-order valence-electron chi connectivity index (χ4n) is 3.22. The molecular weight excluding hydrogens is 290 g/mol. The second kappa shape index (κ2) is 9.26. The third-order valence-electron chi connectivity index (χ3n) is 4.57. The number of likely N-dealkylation sites (N-methyl/N-ethyl adjacent to an activating group) is 1. The van der Waals surface area contributed by atoms with Gasteiger partial charge in [-0.15, -0.1) is 12.4 Å². The Morgan fingerprint density at radius 2 is 1.81 bits per heavy atom. The van der Waals surface area contributed by atoms with Gasteiger partial charge in [-0.25, -0.2) is 0 Å². The van der Waals surface area contributed by atoms with Gasteiger partial charge in [0, 0.05) is 25.0 Å². The first-order valence-electron chi connectivity index (χ1n) is 7.93. The predicted octanol–water partition coefficient (Wildman–Crippen LogP) is 1.32. The summed E-state index contributed by atoms with van der Waals surface area (Å²) in [6.07, 6.45) is 7.63. The van der Waals surface area contributed by atoms with E-state index in [0.717, 1.165) is 51.6 Å². The molecule has 5 nitrogen and oxygen atoms in total. The third-order valence-corrected chi connectivity index (χ3v) is 4.57. The van der Waals surface area contributed by atoms with Gasteiger partial charge in [0.1, 0.15) is 0 Å². The van der Waals surface area contributed by atoms with Gasteiger partial charge >= 0.3 is 0 Å². The summed E-state index contributed by atoms with van der Waals surface area (Å²) < 4.78 is 0. The van der Waals surface area contributed by atoms with Crippen LogP contribution in [0.5, 0.6) is 0 Å². The molecule has 2 rings (SSSR count). The number of hydrogen-bond acceptors (Lipinski definition) is 3. The molecule has 122 valence electrons. The topological polar surface area (TPSA) is 61.4 Å². The highest BCUT2D eigenvalue weighted by Gasteiger charge is 2.24. The van der Waals surface area contributed by atoms with E-state index in [4.69, 9.17) is 0 Å². The molecule has 2 fully saturated rings. The number of halogens is 1. The van der Waals surface area contributed by atoms with Crippen LogP contribution in [0.3, 0.4) is 0 Å². The summed E-state index contributed by atoms with van der Waals surface area (Å²) in [5.41, 5.74) is 0. The molecule has 1 aliphatic carbocycles. The van der Waals surface area contributed by atoms with E-state index in [0.29, 0.717) is 6.04 Å². The molecule has 1 atom stereocenters. The summed E-state index contributed by atoms with van der Waals surface area (Å²) in [7, 11) is 1.93. The van der Waals surface area contributed by atoms with Crippen molar-refractivity contribution in [2.24, 2.45) is 5.92 Å². The summed E-state index contributed by atoms with van der Waals surface area (Å²) in [4.78, 5) is 26.0. The first-order chi connectivity index (χ1) is 9.70. The lowest BCUT2D eigenvalue weighted by atomic mass is 9.89. The van der Waals surface area contributed by atoms with Crippen molar-refractivity contribution in [3.63, 3.8) is 0 Å². The maximum absolute atomic E-state index is 12.1. The predicted molar refractivity (Wildman–Crippen MR) is 85.5 cm³/mol. The number of nitrogens with one attached hydrogen (secondary N) is 2. The highest BCUT2D eigenvalue weighted by atomic mass is 35.5. The van der Waals surface area contributed by atoms with Crippen molar-refractivity contribution in [3.8, 4) is 0 Å². The second-order valence-corrected chi connectivity index (χ2v) is 6.02. The average molecular weight is 318 g/mol. The van der Waals surface area contributed by atoms with E-state index < -0.39 is 0 Å². The minimum absolute atomic E-state index is 0. The maximum Gasteiger partial charge on any atom is 0.242 e. The Hall–Kier alpha value is -0.810. The largest absolute Gasteiger partial charge is 0.347 e. The molecule has 2 amide bonds. The zero-order valence-electron chi connectivity index (χ0n) is 12.9. The molecule has 0 radical (unpaired) electrons. The number of nitrogens with zero attached hydrogens (tertiary/aromatic N) is 1. The molecule has 1 aliphatic heterocycles. The van der Waals surface area contributed by atoms with Crippen LogP contribution in [0.2, 0.25) is 0 Å². The fraction of sp³-hybridized carbons (Fsp3) is 0.867. The number of likely N-dealkylation sites (tertiary alicyclic amines) is 1. The molecule has 0 spiro atoms. The van der Waals surface area contributed by atoms with E-state index in [-0.39, 0.29) is 36.7 Å². The van der Waals surface area contributed by atoms with Gasteiger partial charge in [-0.1, -0.05) is 19.3 Å². The monoisotopic (exact) mass is 317 g/mol. The molecular formula is C15H28ClN3O2. The number of hydrogen-bond donors (Lipinski definition) is 2. The third kappa shape index (κ3) is 5.47. The smallest absolute Gasteiger partial charge is 0.242 e. The van der Waals surface area contributed by atoms with E-state index in [1.807, 2.05) is 11.9 Å². The van der Waals surface area contributed by atoms with Crippen molar-refractivity contribution in [1.82, 2.24) is 15.5 Å².